The van der Waals surface area contributed by atoms with Crippen molar-refractivity contribution in [1.29, 1.82) is 0 Å². The number of amides is 1. The number of hydrogen-bond acceptors (Lipinski definition) is 3. The summed E-state index contributed by atoms with van der Waals surface area (Å²) >= 11 is 6.04. The molecular weight excluding hydrogens is 393 g/mol. The van der Waals surface area contributed by atoms with E-state index in [9.17, 15) is 9.18 Å². The fourth-order valence-corrected chi connectivity index (χ4v) is 3.64. The van der Waals surface area contributed by atoms with Gasteiger partial charge < -0.3 is 5.32 Å². The van der Waals surface area contributed by atoms with Crippen LogP contribution in [-0.2, 0) is 0 Å². The van der Waals surface area contributed by atoms with Gasteiger partial charge >= 0.3 is 0 Å². The number of carbonyl (C=O) groups is 1. The van der Waals surface area contributed by atoms with Crippen molar-refractivity contribution in [2.45, 2.75) is 25.8 Å². The first-order valence-corrected chi connectivity index (χ1v) is 9.67. The number of H-pyrrole nitrogens is 1. The number of aromatic amines is 1. The Balaban J connectivity index is 1.53. The van der Waals surface area contributed by atoms with Gasteiger partial charge in [-0.25, -0.2) is 4.39 Å². The molecule has 146 valence electrons. The van der Waals surface area contributed by atoms with Crippen molar-refractivity contribution in [3.8, 4) is 11.3 Å². The lowest BCUT2D eigenvalue weighted by atomic mass is 10.0. The van der Waals surface area contributed by atoms with Crippen molar-refractivity contribution in [1.82, 2.24) is 20.0 Å². The minimum absolute atomic E-state index is 0.0307. The lowest BCUT2D eigenvalue weighted by Crippen LogP contribution is -2.14. The molecule has 29 heavy (non-hydrogen) atoms. The predicted molar refractivity (Wildman–Crippen MR) is 110 cm³/mol. The zero-order chi connectivity index (χ0) is 20.1. The molecule has 4 aromatic rings. The number of fused-ring (bicyclic) bond motifs is 1. The fourth-order valence-electron chi connectivity index (χ4n) is 3.43. The van der Waals surface area contributed by atoms with Gasteiger partial charge in [0.1, 0.15) is 11.5 Å². The first-order valence-electron chi connectivity index (χ1n) is 9.30. The van der Waals surface area contributed by atoms with E-state index in [2.05, 4.69) is 20.6 Å². The standard InChI is InChI=1S/C21H17ClFN5O/c1-11-7-18-15(19(27-26-18)12-9-24-28(10-12)13-5-6-13)8-14(11)21(29)25-20-16(22)3-2-4-17(20)23/h2-4,7-10,13H,5-6H2,1H3,(H,25,29)(H,26,27). The number of para-hydroxylation sites is 1. The first kappa shape index (κ1) is 17.9. The van der Waals surface area contributed by atoms with Crippen LogP contribution in [0.1, 0.15) is 34.8 Å². The first-order chi connectivity index (χ1) is 14.0. The summed E-state index contributed by atoms with van der Waals surface area (Å²) in [4.78, 5) is 12.9. The Bertz CT molecular complexity index is 1240. The predicted octanol–water partition coefficient (Wildman–Crippen LogP) is 5.11. The maximum absolute atomic E-state index is 14.1. The van der Waals surface area contributed by atoms with Crippen molar-refractivity contribution in [2.75, 3.05) is 5.32 Å². The quantitative estimate of drug-likeness (QED) is 0.491. The SMILES string of the molecule is Cc1cc2[nH]nc(-c3cnn(C4CC4)c3)c2cc1C(=O)Nc1c(F)cccc1Cl. The summed E-state index contributed by atoms with van der Waals surface area (Å²) in [6.45, 7) is 1.82. The van der Waals surface area contributed by atoms with Crippen LogP contribution in [0.3, 0.4) is 0 Å². The van der Waals surface area contributed by atoms with Gasteiger partial charge in [0.2, 0.25) is 0 Å². The van der Waals surface area contributed by atoms with Crippen LogP contribution in [0, 0.1) is 12.7 Å². The normalized spacial score (nSPS) is 13.8. The fraction of sp³-hybridized carbons (Fsp3) is 0.190. The van der Waals surface area contributed by atoms with E-state index in [-0.39, 0.29) is 10.7 Å². The Morgan fingerprint density at radius 3 is 2.93 bits per heavy atom. The van der Waals surface area contributed by atoms with E-state index in [0.29, 0.717) is 11.6 Å². The van der Waals surface area contributed by atoms with Gasteiger partial charge in [0.05, 0.1) is 28.5 Å². The highest BCUT2D eigenvalue weighted by Crippen LogP contribution is 2.36. The molecule has 1 amide bonds. The molecule has 0 bridgehead atoms. The molecule has 0 spiro atoms. The summed E-state index contributed by atoms with van der Waals surface area (Å²) in [5, 5.41) is 15.4. The van der Waals surface area contributed by atoms with Gasteiger partial charge in [0.15, 0.2) is 0 Å². The number of aryl methyl sites for hydroxylation is 1. The second kappa shape index (κ2) is 6.70. The molecule has 0 radical (unpaired) electrons. The molecule has 2 aromatic carbocycles. The van der Waals surface area contributed by atoms with E-state index >= 15 is 0 Å². The van der Waals surface area contributed by atoms with Gasteiger partial charge in [-0.15, -0.1) is 0 Å². The van der Waals surface area contributed by atoms with Gasteiger partial charge in [-0.05, 0) is 49.6 Å². The van der Waals surface area contributed by atoms with E-state index in [0.717, 1.165) is 40.6 Å². The van der Waals surface area contributed by atoms with Gasteiger partial charge in [0.25, 0.3) is 5.91 Å². The van der Waals surface area contributed by atoms with Crippen LogP contribution in [0.5, 0.6) is 0 Å². The molecule has 6 nitrogen and oxygen atoms in total. The Morgan fingerprint density at radius 1 is 1.34 bits per heavy atom. The number of anilines is 1. The maximum atomic E-state index is 14.1. The van der Waals surface area contributed by atoms with Gasteiger partial charge in [-0.2, -0.15) is 10.2 Å². The van der Waals surface area contributed by atoms with E-state index in [4.69, 9.17) is 11.6 Å². The topological polar surface area (TPSA) is 75.6 Å². The second-order valence-electron chi connectivity index (χ2n) is 7.28. The van der Waals surface area contributed by atoms with Crippen molar-refractivity contribution in [3.05, 3.63) is 64.7 Å². The minimum atomic E-state index is -0.582. The van der Waals surface area contributed by atoms with Crippen LogP contribution in [0.4, 0.5) is 10.1 Å². The number of nitrogens with one attached hydrogen (secondary N) is 2. The molecular formula is C21H17ClFN5O. The van der Waals surface area contributed by atoms with E-state index in [1.807, 2.05) is 23.9 Å². The average molecular weight is 410 g/mol. The summed E-state index contributed by atoms with van der Waals surface area (Å²) in [5.41, 5.74) is 3.56. The maximum Gasteiger partial charge on any atom is 0.256 e. The largest absolute Gasteiger partial charge is 0.318 e. The Morgan fingerprint density at radius 2 is 2.17 bits per heavy atom. The molecule has 0 aliphatic heterocycles. The van der Waals surface area contributed by atoms with E-state index in [1.165, 1.54) is 18.2 Å². The van der Waals surface area contributed by atoms with Crippen LogP contribution < -0.4 is 5.32 Å². The molecule has 0 unspecified atom stereocenters. The number of aromatic nitrogens is 4. The van der Waals surface area contributed by atoms with Crippen LogP contribution in [-0.4, -0.2) is 25.9 Å². The third kappa shape index (κ3) is 3.17. The smallest absolute Gasteiger partial charge is 0.256 e. The van der Waals surface area contributed by atoms with Gasteiger partial charge in [-0.3, -0.25) is 14.6 Å². The highest BCUT2D eigenvalue weighted by molar-refractivity contribution is 6.34. The minimum Gasteiger partial charge on any atom is -0.318 e. The van der Waals surface area contributed by atoms with E-state index in [1.54, 1.807) is 12.3 Å². The summed E-state index contributed by atoms with van der Waals surface area (Å²) in [5.74, 6) is -1.02. The van der Waals surface area contributed by atoms with Crippen molar-refractivity contribution in [3.63, 3.8) is 0 Å². The average Bonchev–Trinajstić information content (AvgIpc) is 3.29. The molecule has 2 aromatic heterocycles. The lowest BCUT2D eigenvalue weighted by Gasteiger charge is -2.10. The number of benzene rings is 2. The third-order valence-electron chi connectivity index (χ3n) is 5.15. The highest BCUT2D eigenvalue weighted by Gasteiger charge is 2.25. The molecule has 0 saturated heterocycles. The number of carbonyl (C=O) groups excluding carboxylic acids is 1. The lowest BCUT2D eigenvalue weighted by molar-refractivity contribution is 0.102. The van der Waals surface area contributed by atoms with Gasteiger partial charge in [0, 0.05) is 22.7 Å². The van der Waals surface area contributed by atoms with E-state index < -0.39 is 11.7 Å². The molecule has 1 aliphatic rings. The monoisotopic (exact) mass is 409 g/mol. The van der Waals surface area contributed by atoms with Crippen molar-refractivity contribution >= 4 is 34.1 Å². The third-order valence-corrected chi connectivity index (χ3v) is 5.46. The molecule has 2 heterocycles. The Hall–Kier alpha value is -3.19. The molecule has 1 saturated carbocycles. The summed E-state index contributed by atoms with van der Waals surface area (Å²) in [6.07, 6.45) is 6.05. The van der Waals surface area contributed by atoms with Crippen LogP contribution in [0.25, 0.3) is 22.2 Å². The zero-order valence-corrected chi connectivity index (χ0v) is 16.3. The molecule has 8 heteroatoms. The molecule has 1 fully saturated rings. The number of halogens is 2. The zero-order valence-electron chi connectivity index (χ0n) is 15.5. The highest BCUT2D eigenvalue weighted by atomic mass is 35.5. The Labute approximate surface area is 170 Å². The van der Waals surface area contributed by atoms with Crippen LogP contribution in [0.2, 0.25) is 5.02 Å². The van der Waals surface area contributed by atoms with Crippen LogP contribution >= 0.6 is 11.6 Å². The summed E-state index contributed by atoms with van der Waals surface area (Å²) < 4.78 is 16.0. The van der Waals surface area contributed by atoms with Crippen LogP contribution in [0.15, 0.2) is 42.7 Å². The number of rotatable bonds is 4. The number of hydrogen-bond donors (Lipinski definition) is 2. The second-order valence-corrected chi connectivity index (χ2v) is 7.68. The summed E-state index contributed by atoms with van der Waals surface area (Å²) in [6, 6.07) is 8.37. The summed E-state index contributed by atoms with van der Waals surface area (Å²) in [7, 11) is 0. The van der Waals surface area contributed by atoms with Crippen molar-refractivity contribution in [2.24, 2.45) is 0 Å². The molecule has 2 N–H and O–H groups in total. The Kier molecular flexibility index (Phi) is 4.13. The van der Waals surface area contributed by atoms with Crippen molar-refractivity contribution < 1.29 is 9.18 Å². The molecule has 0 atom stereocenters. The molecule has 5 rings (SSSR count). The number of nitrogens with zero attached hydrogens (tertiary/aromatic N) is 3. The van der Waals surface area contributed by atoms with Gasteiger partial charge in [-0.1, -0.05) is 17.7 Å². The molecule has 1 aliphatic carbocycles.